The summed E-state index contributed by atoms with van der Waals surface area (Å²) < 4.78 is 6.30. The molecule has 6 nitrogen and oxygen atoms in total. The number of carbonyl (C=O) groups is 2. The molecule has 0 aliphatic carbocycles. The molecule has 0 spiro atoms. The minimum Gasteiger partial charge on any atom is -0.483 e. The van der Waals surface area contributed by atoms with E-state index in [1.807, 2.05) is 51.1 Å². The first kappa shape index (κ1) is 23.2. The van der Waals surface area contributed by atoms with Gasteiger partial charge in [-0.3, -0.25) is 9.59 Å². The molecule has 0 saturated heterocycles. The van der Waals surface area contributed by atoms with Gasteiger partial charge in [0, 0.05) is 11.3 Å². The predicted octanol–water partition coefficient (Wildman–Crippen LogP) is 5.16. The molecule has 3 rings (SSSR count). The normalized spacial score (nSPS) is 10.8. The molecule has 2 N–H and O–H groups in total. The second kappa shape index (κ2) is 10.7. The maximum Gasteiger partial charge on any atom is 0.271 e. The minimum absolute atomic E-state index is 0.119. The quantitative estimate of drug-likeness (QED) is 0.352. The Morgan fingerprint density at radius 1 is 1.03 bits per heavy atom. The van der Waals surface area contributed by atoms with E-state index in [1.165, 1.54) is 6.21 Å². The third-order valence-corrected chi connectivity index (χ3v) is 5.51. The topological polar surface area (TPSA) is 79.8 Å². The molecular formula is C25H24BrN3O3. The Morgan fingerprint density at radius 3 is 2.50 bits per heavy atom. The van der Waals surface area contributed by atoms with Crippen LogP contribution in [0, 0.1) is 20.8 Å². The van der Waals surface area contributed by atoms with Crippen molar-refractivity contribution in [3.05, 3.63) is 93.0 Å². The summed E-state index contributed by atoms with van der Waals surface area (Å²) in [6.45, 7) is 5.80. The van der Waals surface area contributed by atoms with Crippen LogP contribution in [0.5, 0.6) is 5.75 Å². The number of anilines is 1. The highest BCUT2D eigenvalue weighted by Gasteiger charge is 2.09. The van der Waals surface area contributed by atoms with Gasteiger partial charge in [0.05, 0.1) is 10.7 Å². The highest BCUT2D eigenvalue weighted by atomic mass is 79.9. The summed E-state index contributed by atoms with van der Waals surface area (Å²) in [6, 6.07) is 18.3. The van der Waals surface area contributed by atoms with Gasteiger partial charge in [-0.1, -0.05) is 29.8 Å². The number of hydrogen-bond acceptors (Lipinski definition) is 4. The zero-order valence-corrected chi connectivity index (χ0v) is 19.7. The minimum atomic E-state index is -0.282. The average molecular weight is 494 g/mol. The van der Waals surface area contributed by atoms with Gasteiger partial charge >= 0.3 is 0 Å². The lowest BCUT2D eigenvalue weighted by atomic mass is 10.1. The van der Waals surface area contributed by atoms with Gasteiger partial charge in [-0.15, -0.1) is 0 Å². The van der Waals surface area contributed by atoms with Crippen molar-refractivity contribution in [3.8, 4) is 5.75 Å². The number of halogens is 1. The summed E-state index contributed by atoms with van der Waals surface area (Å²) in [4.78, 5) is 24.4. The fourth-order valence-corrected chi connectivity index (χ4v) is 3.38. The molecule has 7 heteroatoms. The largest absolute Gasteiger partial charge is 0.483 e. The predicted molar refractivity (Wildman–Crippen MR) is 130 cm³/mol. The standard InChI is InChI=1S/C25H24BrN3O3/c1-16-7-10-20(11-8-16)25(31)29-27-14-19-9-12-23(21(26)13-19)32-15-24(30)28-22-6-4-5-17(2)18(22)3/h4-14H,15H2,1-3H3,(H,28,30)(H,29,31)/b27-14+. The number of carbonyl (C=O) groups excluding carboxylic acids is 2. The monoisotopic (exact) mass is 493 g/mol. The zero-order valence-electron chi connectivity index (χ0n) is 18.1. The van der Waals surface area contributed by atoms with Crippen LogP contribution < -0.4 is 15.5 Å². The number of ether oxygens (including phenoxy) is 1. The Morgan fingerprint density at radius 2 is 1.78 bits per heavy atom. The average Bonchev–Trinajstić information content (AvgIpc) is 2.77. The molecule has 3 aromatic rings. The lowest BCUT2D eigenvalue weighted by Gasteiger charge is -2.12. The summed E-state index contributed by atoms with van der Waals surface area (Å²) in [5, 5.41) is 6.86. The van der Waals surface area contributed by atoms with E-state index >= 15 is 0 Å². The van der Waals surface area contributed by atoms with E-state index in [4.69, 9.17) is 4.74 Å². The highest BCUT2D eigenvalue weighted by Crippen LogP contribution is 2.25. The van der Waals surface area contributed by atoms with Crippen molar-refractivity contribution in [1.82, 2.24) is 5.43 Å². The van der Waals surface area contributed by atoms with Gasteiger partial charge in [-0.2, -0.15) is 5.10 Å². The molecule has 0 unspecified atom stereocenters. The summed E-state index contributed by atoms with van der Waals surface area (Å²) in [6.07, 6.45) is 1.54. The number of amides is 2. The number of hydrogen-bond donors (Lipinski definition) is 2. The van der Waals surface area contributed by atoms with E-state index < -0.39 is 0 Å². The molecular weight excluding hydrogens is 470 g/mol. The van der Waals surface area contributed by atoms with E-state index in [9.17, 15) is 9.59 Å². The number of aryl methyl sites for hydroxylation is 2. The Kier molecular flexibility index (Phi) is 7.78. The maximum atomic E-state index is 12.3. The molecule has 0 atom stereocenters. The van der Waals surface area contributed by atoms with Gasteiger partial charge in [0.25, 0.3) is 11.8 Å². The van der Waals surface area contributed by atoms with Crippen molar-refractivity contribution in [2.24, 2.45) is 5.10 Å². The summed E-state index contributed by atoms with van der Waals surface area (Å²) in [7, 11) is 0. The number of hydrazone groups is 1. The first-order valence-corrected chi connectivity index (χ1v) is 10.8. The van der Waals surface area contributed by atoms with Gasteiger partial charge in [-0.25, -0.2) is 5.43 Å². The lowest BCUT2D eigenvalue weighted by molar-refractivity contribution is -0.118. The summed E-state index contributed by atoms with van der Waals surface area (Å²) >= 11 is 3.44. The number of rotatable bonds is 7. The molecule has 0 fully saturated rings. The van der Waals surface area contributed by atoms with Gasteiger partial charge < -0.3 is 10.1 Å². The first-order chi connectivity index (χ1) is 15.3. The van der Waals surface area contributed by atoms with Crippen LogP contribution in [0.15, 0.2) is 70.2 Å². The van der Waals surface area contributed by atoms with Crippen LogP contribution in [0.1, 0.15) is 32.6 Å². The van der Waals surface area contributed by atoms with Crippen LogP contribution in [-0.4, -0.2) is 24.6 Å². The Bertz CT molecular complexity index is 1160. The Labute approximate surface area is 195 Å². The van der Waals surface area contributed by atoms with Gasteiger partial charge in [0.15, 0.2) is 6.61 Å². The molecule has 0 aromatic heterocycles. The molecule has 0 bridgehead atoms. The first-order valence-electron chi connectivity index (χ1n) is 10.0. The van der Waals surface area contributed by atoms with Crippen LogP contribution in [0.25, 0.3) is 0 Å². The van der Waals surface area contributed by atoms with E-state index in [1.54, 1.807) is 30.3 Å². The SMILES string of the molecule is Cc1ccc(C(=O)N/N=C/c2ccc(OCC(=O)Nc3cccc(C)c3C)c(Br)c2)cc1. The van der Waals surface area contributed by atoms with Crippen LogP contribution in [-0.2, 0) is 4.79 Å². The van der Waals surface area contributed by atoms with E-state index in [0.29, 0.717) is 15.8 Å². The van der Waals surface area contributed by atoms with Crippen molar-refractivity contribution in [1.29, 1.82) is 0 Å². The van der Waals surface area contributed by atoms with Gasteiger partial charge in [-0.05, 0) is 89.8 Å². The third kappa shape index (κ3) is 6.28. The number of benzene rings is 3. The van der Waals surface area contributed by atoms with Crippen molar-refractivity contribution in [3.63, 3.8) is 0 Å². The Balaban J connectivity index is 1.53. The second-order valence-corrected chi connectivity index (χ2v) is 8.19. The van der Waals surface area contributed by atoms with Crippen molar-refractivity contribution < 1.29 is 14.3 Å². The van der Waals surface area contributed by atoms with Crippen molar-refractivity contribution in [2.45, 2.75) is 20.8 Å². The van der Waals surface area contributed by atoms with Gasteiger partial charge in [0.2, 0.25) is 0 Å². The summed E-state index contributed by atoms with van der Waals surface area (Å²) in [5.41, 5.74) is 7.80. The lowest BCUT2D eigenvalue weighted by Crippen LogP contribution is -2.21. The van der Waals surface area contributed by atoms with Crippen LogP contribution in [0.3, 0.4) is 0 Å². The molecule has 0 heterocycles. The van der Waals surface area contributed by atoms with E-state index in [-0.39, 0.29) is 18.4 Å². The highest BCUT2D eigenvalue weighted by molar-refractivity contribution is 9.10. The van der Waals surface area contributed by atoms with Crippen LogP contribution in [0.4, 0.5) is 5.69 Å². The van der Waals surface area contributed by atoms with Crippen LogP contribution in [0.2, 0.25) is 0 Å². The smallest absolute Gasteiger partial charge is 0.271 e. The molecule has 164 valence electrons. The number of nitrogens with zero attached hydrogens (tertiary/aromatic N) is 1. The van der Waals surface area contributed by atoms with Crippen LogP contribution >= 0.6 is 15.9 Å². The Hall–Kier alpha value is -3.45. The fourth-order valence-electron chi connectivity index (χ4n) is 2.87. The molecule has 0 radical (unpaired) electrons. The zero-order chi connectivity index (χ0) is 23.1. The second-order valence-electron chi connectivity index (χ2n) is 7.34. The van der Waals surface area contributed by atoms with E-state index in [2.05, 4.69) is 31.8 Å². The third-order valence-electron chi connectivity index (χ3n) is 4.89. The van der Waals surface area contributed by atoms with E-state index in [0.717, 1.165) is 27.9 Å². The molecule has 0 aliphatic rings. The summed E-state index contributed by atoms with van der Waals surface area (Å²) in [5.74, 6) is 0.00661. The number of nitrogens with one attached hydrogen (secondary N) is 2. The molecule has 2 amide bonds. The maximum absolute atomic E-state index is 12.3. The van der Waals surface area contributed by atoms with Gasteiger partial charge in [0.1, 0.15) is 5.75 Å². The molecule has 3 aromatic carbocycles. The van der Waals surface area contributed by atoms with Crippen molar-refractivity contribution in [2.75, 3.05) is 11.9 Å². The van der Waals surface area contributed by atoms with Crippen molar-refractivity contribution >= 4 is 39.6 Å². The fraction of sp³-hybridized carbons (Fsp3) is 0.160. The molecule has 0 saturated carbocycles. The molecule has 32 heavy (non-hydrogen) atoms. The molecule has 0 aliphatic heterocycles.